The molecule has 20 heavy (non-hydrogen) atoms. The Morgan fingerprint density at radius 3 is 2.30 bits per heavy atom. The van der Waals surface area contributed by atoms with Gasteiger partial charge in [-0.15, -0.1) is 0 Å². The molecule has 0 fully saturated rings. The summed E-state index contributed by atoms with van der Waals surface area (Å²) in [6, 6.07) is 0. The van der Waals surface area contributed by atoms with E-state index in [1.54, 1.807) is 0 Å². The van der Waals surface area contributed by atoms with Crippen molar-refractivity contribution in [2.45, 2.75) is 46.3 Å². The predicted octanol–water partition coefficient (Wildman–Crippen LogP) is 1.44. The maximum atomic E-state index is 9.67. The Morgan fingerprint density at radius 1 is 0.950 bits per heavy atom. The number of ether oxygens (including phenoxy) is 3. The minimum Gasteiger partial charge on any atom is -0.389 e. The molecule has 2 N–H and O–H groups in total. The first-order chi connectivity index (χ1) is 9.52. The number of nitrogens with one attached hydrogen (secondary N) is 1. The van der Waals surface area contributed by atoms with Crippen molar-refractivity contribution in [1.29, 1.82) is 0 Å². The van der Waals surface area contributed by atoms with Gasteiger partial charge in [-0.2, -0.15) is 0 Å². The molecule has 122 valence electrons. The molecule has 0 radical (unpaired) electrons. The molecule has 0 heterocycles. The molecule has 0 spiro atoms. The van der Waals surface area contributed by atoms with Crippen molar-refractivity contribution >= 4 is 0 Å². The van der Waals surface area contributed by atoms with Gasteiger partial charge in [0.2, 0.25) is 0 Å². The highest BCUT2D eigenvalue weighted by Crippen LogP contribution is 1.93. The van der Waals surface area contributed by atoms with Gasteiger partial charge in [-0.1, -0.05) is 13.8 Å². The number of rotatable bonds is 14. The van der Waals surface area contributed by atoms with E-state index in [9.17, 15) is 5.11 Å². The standard InChI is InChI=1S/C15H33NO4/c1-13(2)11-18-7-5-6-16-10-15(17)12-19-8-9-20-14(3)4/h13-17H,5-12H2,1-4H3. The van der Waals surface area contributed by atoms with Gasteiger partial charge in [-0.3, -0.25) is 0 Å². The molecule has 0 aliphatic rings. The highest BCUT2D eigenvalue weighted by atomic mass is 16.5. The second kappa shape index (κ2) is 13.8. The molecular formula is C15H33NO4. The van der Waals surface area contributed by atoms with Gasteiger partial charge in [0, 0.05) is 19.8 Å². The maximum absolute atomic E-state index is 9.67. The lowest BCUT2D eigenvalue weighted by molar-refractivity contribution is -0.0100. The van der Waals surface area contributed by atoms with Crippen LogP contribution in [0.1, 0.15) is 34.1 Å². The zero-order chi connectivity index (χ0) is 15.2. The molecule has 5 nitrogen and oxygen atoms in total. The quantitative estimate of drug-likeness (QED) is 0.474. The first-order valence-electron chi connectivity index (χ1n) is 7.68. The first-order valence-corrected chi connectivity index (χ1v) is 7.68. The summed E-state index contributed by atoms with van der Waals surface area (Å²) in [4.78, 5) is 0. The fourth-order valence-electron chi connectivity index (χ4n) is 1.51. The molecule has 5 heteroatoms. The van der Waals surface area contributed by atoms with E-state index in [0.717, 1.165) is 26.2 Å². The van der Waals surface area contributed by atoms with Gasteiger partial charge >= 0.3 is 0 Å². The third-order valence-electron chi connectivity index (χ3n) is 2.46. The van der Waals surface area contributed by atoms with Gasteiger partial charge in [0.05, 0.1) is 32.0 Å². The molecule has 0 aromatic heterocycles. The molecule has 0 rings (SSSR count). The van der Waals surface area contributed by atoms with Gasteiger partial charge < -0.3 is 24.6 Å². The van der Waals surface area contributed by atoms with Gasteiger partial charge in [0.15, 0.2) is 0 Å². The third kappa shape index (κ3) is 15.9. The van der Waals surface area contributed by atoms with Gasteiger partial charge in [0.1, 0.15) is 0 Å². The zero-order valence-electron chi connectivity index (χ0n) is 13.6. The van der Waals surface area contributed by atoms with Crippen molar-refractivity contribution in [2.75, 3.05) is 46.1 Å². The molecule has 0 aromatic rings. The van der Waals surface area contributed by atoms with E-state index in [-0.39, 0.29) is 6.10 Å². The lowest BCUT2D eigenvalue weighted by Crippen LogP contribution is -2.31. The Labute approximate surface area is 124 Å². The topological polar surface area (TPSA) is 60.0 Å². The van der Waals surface area contributed by atoms with Crippen LogP contribution in [0.2, 0.25) is 0 Å². The number of aliphatic hydroxyl groups is 1. The predicted molar refractivity (Wildman–Crippen MR) is 81.1 cm³/mol. The zero-order valence-corrected chi connectivity index (χ0v) is 13.6. The smallest absolute Gasteiger partial charge is 0.0897 e. The van der Waals surface area contributed by atoms with Gasteiger partial charge in [-0.25, -0.2) is 0 Å². The highest BCUT2D eigenvalue weighted by Gasteiger charge is 2.03. The molecule has 1 atom stereocenters. The van der Waals surface area contributed by atoms with Crippen molar-refractivity contribution in [1.82, 2.24) is 5.32 Å². The van der Waals surface area contributed by atoms with E-state index in [2.05, 4.69) is 19.2 Å². The minimum absolute atomic E-state index is 0.225. The van der Waals surface area contributed by atoms with E-state index in [0.29, 0.717) is 32.3 Å². The Bertz CT molecular complexity index is 200. The highest BCUT2D eigenvalue weighted by molar-refractivity contribution is 4.58. The van der Waals surface area contributed by atoms with Crippen LogP contribution in [0, 0.1) is 5.92 Å². The minimum atomic E-state index is -0.467. The van der Waals surface area contributed by atoms with Crippen LogP contribution in [0.25, 0.3) is 0 Å². The van der Waals surface area contributed by atoms with E-state index in [1.165, 1.54) is 0 Å². The Morgan fingerprint density at radius 2 is 1.65 bits per heavy atom. The van der Waals surface area contributed by atoms with E-state index < -0.39 is 6.10 Å². The molecule has 0 bridgehead atoms. The second-order valence-electron chi connectivity index (χ2n) is 5.67. The van der Waals surface area contributed by atoms with Crippen molar-refractivity contribution in [3.63, 3.8) is 0 Å². The van der Waals surface area contributed by atoms with Crippen LogP contribution in [-0.4, -0.2) is 63.4 Å². The fourth-order valence-corrected chi connectivity index (χ4v) is 1.51. The third-order valence-corrected chi connectivity index (χ3v) is 2.46. The first kappa shape index (κ1) is 19.8. The fraction of sp³-hybridized carbons (Fsp3) is 1.00. The number of aliphatic hydroxyl groups excluding tert-OH is 1. The largest absolute Gasteiger partial charge is 0.389 e. The molecule has 1 unspecified atom stereocenters. The summed E-state index contributed by atoms with van der Waals surface area (Å²) in [6.45, 7) is 12.7. The number of hydrogen-bond donors (Lipinski definition) is 2. The monoisotopic (exact) mass is 291 g/mol. The molecule has 0 aliphatic heterocycles. The van der Waals surface area contributed by atoms with E-state index in [4.69, 9.17) is 14.2 Å². The van der Waals surface area contributed by atoms with Crippen molar-refractivity contribution in [2.24, 2.45) is 5.92 Å². The second-order valence-corrected chi connectivity index (χ2v) is 5.67. The maximum Gasteiger partial charge on any atom is 0.0897 e. The summed E-state index contributed by atoms with van der Waals surface area (Å²) in [5, 5.41) is 12.9. The average molecular weight is 291 g/mol. The summed E-state index contributed by atoms with van der Waals surface area (Å²) in [7, 11) is 0. The van der Waals surface area contributed by atoms with Gasteiger partial charge in [0.25, 0.3) is 0 Å². The molecule has 0 saturated carbocycles. The Kier molecular flexibility index (Phi) is 13.6. The summed E-state index contributed by atoms with van der Waals surface area (Å²) < 4.78 is 16.1. The summed E-state index contributed by atoms with van der Waals surface area (Å²) >= 11 is 0. The summed E-state index contributed by atoms with van der Waals surface area (Å²) in [6.07, 6.45) is 0.719. The summed E-state index contributed by atoms with van der Waals surface area (Å²) in [5.41, 5.74) is 0. The molecular weight excluding hydrogens is 258 g/mol. The van der Waals surface area contributed by atoms with Crippen LogP contribution < -0.4 is 5.32 Å². The SMILES string of the molecule is CC(C)COCCCNCC(O)COCCOC(C)C. The van der Waals surface area contributed by atoms with Crippen molar-refractivity contribution in [3.05, 3.63) is 0 Å². The number of hydrogen-bond acceptors (Lipinski definition) is 5. The van der Waals surface area contributed by atoms with Crippen LogP contribution in [0.5, 0.6) is 0 Å². The van der Waals surface area contributed by atoms with Crippen molar-refractivity contribution in [3.8, 4) is 0 Å². The normalized spacial score (nSPS) is 13.3. The molecule has 0 saturated heterocycles. The van der Waals surface area contributed by atoms with E-state index >= 15 is 0 Å². The van der Waals surface area contributed by atoms with Crippen LogP contribution in [0.3, 0.4) is 0 Å². The molecule has 0 amide bonds. The van der Waals surface area contributed by atoms with Crippen molar-refractivity contribution < 1.29 is 19.3 Å². The molecule has 0 aliphatic carbocycles. The van der Waals surface area contributed by atoms with Crippen LogP contribution in [-0.2, 0) is 14.2 Å². The molecule has 0 aromatic carbocycles. The Hall–Kier alpha value is -0.200. The van der Waals surface area contributed by atoms with Crippen LogP contribution in [0.15, 0.2) is 0 Å². The van der Waals surface area contributed by atoms with E-state index in [1.807, 2.05) is 13.8 Å². The average Bonchev–Trinajstić information content (AvgIpc) is 2.36. The van der Waals surface area contributed by atoms with Crippen LogP contribution in [0.4, 0.5) is 0 Å². The lowest BCUT2D eigenvalue weighted by atomic mass is 10.2. The lowest BCUT2D eigenvalue weighted by Gasteiger charge is -2.13. The van der Waals surface area contributed by atoms with Gasteiger partial charge in [-0.05, 0) is 32.7 Å². The Balaban J connectivity index is 3.18. The summed E-state index contributed by atoms with van der Waals surface area (Å²) in [5.74, 6) is 0.585. The van der Waals surface area contributed by atoms with Crippen LogP contribution >= 0.6 is 0 Å².